The molecule has 2 heterocycles. The number of nitriles is 1. The number of nitrogens with zero attached hydrogens (tertiary/aromatic N) is 2. The van der Waals surface area contributed by atoms with Crippen LogP contribution in [0.1, 0.15) is 40.8 Å². The zero-order valence-electron chi connectivity index (χ0n) is 11.0. The highest BCUT2D eigenvalue weighted by Crippen LogP contribution is 2.33. The minimum Gasteiger partial charge on any atom is -0.367 e. The lowest BCUT2D eigenvalue weighted by molar-refractivity contribution is 0.911. The first kappa shape index (κ1) is 14.3. The summed E-state index contributed by atoms with van der Waals surface area (Å²) in [4.78, 5) is 2.68. The standard InChI is InChI=1S/C13H14ClN3S2/c1-4-10-7(2)5-11(18-10)8(3)16-13-9(6-15)12(14)17-19-13/h5,8,16H,4H2,1-3H3. The Bertz CT molecular complexity index is 624. The van der Waals surface area contributed by atoms with Gasteiger partial charge in [0.1, 0.15) is 16.6 Å². The Morgan fingerprint density at radius 1 is 1.58 bits per heavy atom. The molecule has 0 aliphatic rings. The Hall–Kier alpha value is -1.09. The van der Waals surface area contributed by atoms with E-state index in [9.17, 15) is 0 Å². The van der Waals surface area contributed by atoms with Crippen LogP contribution in [0.2, 0.25) is 5.15 Å². The molecular weight excluding hydrogens is 298 g/mol. The fraction of sp³-hybridized carbons (Fsp3) is 0.385. The summed E-state index contributed by atoms with van der Waals surface area (Å²) in [6.07, 6.45) is 1.05. The lowest BCUT2D eigenvalue weighted by Gasteiger charge is -2.11. The number of aromatic nitrogens is 1. The van der Waals surface area contributed by atoms with Crippen LogP contribution in [0.3, 0.4) is 0 Å². The van der Waals surface area contributed by atoms with Gasteiger partial charge in [-0.3, -0.25) is 0 Å². The molecule has 0 aromatic carbocycles. The van der Waals surface area contributed by atoms with E-state index >= 15 is 0 Å². The van der Waals surface area contributed by atoms with Crippen molar-refractivity contribution in [3.05, 3.63) is 32.1 Å². The van der Waals surface area contributed by atoms with E-state index in [2.05, 4.69) is 42.6 Å². The van der Waals surface area contributed by atoms with Crippen LogP contribution >= 0.6 is 34.5 Å². The largest absolute Gasteiger partial charge is 0.367 e. The SMILES string of the molecule is CCc1sc(C(C)Nc2snc(Cl)c2C#N)cc1C. The predicted octanol–water partition coefficient (Wildman–Crippen LogP) is 4.77. The second-order valence-corrected chi connectivity index (χ2v) is 6.56. The summed E-state index contributed by atoms with van der Waals surface area (Å²) >= 11 is 8.91. The van der Waals surface area contributed by atoms with Gasteiger partial charge in [0.2, 0.25) is 0 Å². The van der Waals surface area contributed by atoms with E-state index in [-0.39, 0.29) is 11.2 Å². The van der Waals surface area contributed by atoms with Crippen molar-refractivity contribution < 1.29 is 0 Å². The molecule has 0 bridgehead atoms. The highest BCUT2D eigenvalue weighted by molar-refractivity contribution is 7.12. The Labute approximate surface area is 126 Å². The molecule has 2 aromatic rings. The van der Waals surface area contributed by atoms with Crippen LogP contribution in [0.5, 0.6) is 0 Å². The predicted molar refractivity (Wildman–Crippen MR) is 82.3 cm³/mol. The Kier molecular flexibility index (Phi) is 4.46. The maximum atomic E-state index is 9.05. The summed E-state index contributed by atoms with van der Waals surface area (Å²) in [7, 11) is 0. The van der Waals surface area contributed by atoms with Crippen LogP contribution in [0, 0.1) is 18.3 Å². The Morgan fingerprint density at radius 2 is 2.32 bits per heavy atom. The number of halogens is 1. The van der Waals surface area contributed by atoms with Gasteiger partial charge in [-0.05, 0) is 43.4 Å². The molecule has 0 saturated carbocycles. The molecule has 0 radical (unpaired) electrons. The number of nitrogens with one attached hydrogen (secondary N) is 1. The van der Waals surface area contributed by atoms with E-state index in [4.69, 9.17) is 16.9 Å². The van der Waals surface area contributed by atoms with Crippen LogP contribution in [-0.4, -0.2) is 4.37 Å². The number of hydrogen-bond donors (Lipinski definition) is 1. The van der Waals surface area contributed by atoms with E-state index in [1.807, 2.05) is 11.3 Å². The van der Waals surface area contributed by atoms with Gasteiger partial charge in [0.15, 0.2) is 5.15 Å². The van der Waals surface area contributed by atoms with Crippen molar-refractivity contribution >= 4 is 39.5 Å². The summed E-state index contributed by atoms with van der Waals surface area (Å²) in [5, 5.41) is 13.4. The van der Waals surface area contributed by atoms with Gasteiger partial charge < -0.3 is 5.32 Å². The third-order valence-electron chi connectivity index (χ3n) is 2.90. The molecule has 0 spiro atoms. The minimum absolute atomic E-state index is 0.146. The van der Waals surface area contributed by atoms with Crippen molar-refractivity contribution in [3.8, 4) is 6.07 Å². The number of thiophene rings is 1. The van der Waals surface area contributed by atoms with Crippen molar-refractivity contribution in [2.24, 2.45) is 0 Å². The molecule has 1 atom stereocenters. The highest BCUT2D eigenvalue weighted by Gasteiger charge is 2.16. The van der Waals surface area contributed by atoms with Crippen molar-refractivity contribution in [1.82, 2.24) is 4.37 Å². The highest BCUT2D eigenvalue weighted by atomic mass is 35.5. The van der Waals surface area contributed by atoms with E-state index in [1.165, 1.54) is 26.9 Å². The average Bonchev–Trinajstić information content (AvgIpc) is 2.93. The maximum absolute atomic E-state index is 9.05. The van der Waals surface area contributed by atoms with Gasteiger partial charge in [-0.25, -0.2) is 0 Å². The molecule has 2 rings (SSSR count). The summed E-state index contributed by atoms with van der Waals surface area (Å²) in [6, 6.07) is 4.44. The fourth-order valence-corrected chi connectivity index (χ4v) is 3.99. The molecule has 2 aromatic heterocycles. The zero-order valence-corrected chi connectivity index (χ0v) is 13.3. The molecule has 0 aliphatic carbocycles. The Morgan fingerprint density at radius 3 is 2.89 bits per heavy atom. The summed E-state index contributed by atoms with van der Waals surface area (Å²) in [5.41, 5.74) is 1.77. The monoisotopic (exact) mass is 311 g/mol. The van der Waals surface area contributed by atoms with Crippen LogP contribution in [0.25, 0.3) is 0 Å². The van der Waals surface area contributed by atoms with Gasteiger partial charge in [0.05, 0.1) is 6.04 Å². The summed E-state index contributed by atoms with van der Waals surface area (Å²) < 4.78 is 4.00. The molecule has 100 valence electrons. The van der Waals surface area contributed by atoms with Crippen LogP contribution in [-0.2, 0) is 6.42 Å². The molecule has 19 heavy (non-hydrogen) atoms. The zero-order chi connectivity index (χ0) is 14.0. The first-order chi connectivity index (χ1) is 9.06. The van der Waals surface area contributed by atoms with Crippen LogP contribution in [0.4, 0.5) is 5.00 Å². The quantitative estimate of drug-likeness (QED) is 0.884. The van der Waals surface area contributed by atoms with Crippen LogP contribution in [0.15, 0.2) is 6.07 Å². The smallest absolute Gasteiger partial charge is 0.162 e. The molecule has 0 aliphatic heterocycles. The normalized spacial score (nSPS) is 12.2. The van der Waals surface area contributed by atoms with Crippen molar-refractivity contribution in [2.45, 2.75) is 33.2 Å². The van der Waals surface area contributed by atoms with Crippen molar-refractivity contribution in [2.75, 3.05) is 5.32 Å². The van der Waals surface area contributed by atoms with Gasteiger partial charge in [-0.15, -0.1) is 11.3 Å². The third-order valence-corrected chi connectivity index (χ3v) is 5.61. The Balaban J connectivity index is 2.20. The molecule has 1 unspecified atom stereocenters. The van der Waals surface area contributed by atoms with Gasteiger partial charge >= 0.3 is 0 Å². The summed E-state index contributed by atoms with van der Waals surface area (Å²) in [5.74, 6) is 0. The molecule has 0 saturated heterocycles. The number of anilines is 1. The van der Waals surface area contributed by atoms with Gasteiger partial charge in [0, 0.05) is 9.75 Å². The lowest BCUT2D eigenvalue weighted by atomic mass is 10.2. The molecule has 6 heteroatoms. The van der Waals surface area contributed by atoms with E-state index in [0.29, 0.717) is 5.56 Å². The fourth-order valence-electron chi connectivity index (χ4n) is 1.84. The van der Waals surface area contributed by atoms with E-state index < -0.39 is 0 Å². The first-order valence-electron chi connectivity index (χ1n) is 5.97. The molecule has 0 amide bonds. The maximum Gasteiger partial charge on any atom is 0.162 e. The average molecular weight is 312 g/mol. The second kappa shape index (κ2) is 5.91. The van der Waals surface area contributed by atoms with Crippen molar-refractivity contribution in [3.63, 3.8) is 0 Å². The number of aryl methyl sites for hydroxylation is 2. The number of hydrogen-bond acceptors (Lipinski definition) is 5. The molecule has 3 nitrogen and oxygen atoms in total. The molecule has 1 N–H and O–H groups in total. The number of rotatable bonds is 4. The van der Waals surface area contributed by atoms with Gasteiger partial charge in [-0.2, -0.15) is 9.64 Å². The first-order valence-corrected chi connectivity index (χ1v) is 7.94. The van der Waals surface area contributed by atoms with E-state index in [0.717, 1.165) is 11.4 Å². The van der Waals surface area contributed by atoms with Crippen LogP contribution < -0.4 is 5.32 Å². The third kappa shape index (κ3) is 2.92. The summed E-state index contributed by atoms with van der Waals surface area (Å²) in [6.45, 7) is 6.38. The molecule has 0 fully saturated rings. The van der Waals surface area contributed by atoms with Gasteiger partial charge in [0.25, 0.3) is 0 Å². The minimum atomic E-state index is 0.146. The molecular formula is C13H14ClN3S2. The van der Waals surface area contributed by atoms with E-state index in [1.54, 1.807) is 0 Å². The second-order valence-electron chi connectivity index (χ2n) is 4.26. The van der Waals surface area contributed by atoms with Gasteiger partial charge in [-0.1, -0.05) is 18.5 Å². The lowest BCUT2D eigenvalue weighted by Crippen LogP contribution is -2.04. The topological polar surface area (TPSA) is 48.7 Å². The van der Waals surface area contributed by atoms with Crippen molar-refractivity contribution in [1.29, 1.82) is 5.26 Å².